The van der Waals surface area contributed by atoms with Crippen molar-refractivity contribution in [2.75, 3.05) is 12.0 Å². The van der Waals surface area contributed by atoms with Crippen LogP contribution in [0.2, 0.25) is 5.02 Å². The van der Waals surface area contributed by atoms with Gasteiger partial charge < -0.3 is 0 Å². The molecule has 0 bridgehead atoms. The van der Waals surface area contributed by atoms with E-state index in [0.29, 0.717) is 29.5 Å². The Morgan fingerprint density at radius 3 is 2.90 bits per heavy atom. The summed E-state index contributed by atoms with van der Waals surface area (Å²) in [6.07, 6.45) is 5.68. The van der Waals surface area contributed by atoms with Crippen molar-refractivity contribution in [2.45, 2.75) is 13.3 Å². The number of aryl methyl sites for hydroxylation is 1. The van der Waals surface area contributed by atoms with Crippen molar-refractivity contribution in [3.63, 3.8) is 0 Å². The number of aromatic nitrogens is 3. The number of nitrogens with zero attached hydrogens (tertiary/aromatic N) is 3. The third kappa shape index (κ3) is 3.60. The van der Waals surface area contributed by atoms with Gasteiger partial charge in [0.2, 0.25) is 5.95 Å². The average molecular weight is 304 g/mol. The van der Waals surface area contributed by atoms with Gasteiger partial charge in [-0.25, -0.2) is 14.8 Å². The molecule has 0 unspecified atom stereocenters. The summed E-state index contributed by atoms with van der Waals surface area (Å²) in [6, 6.07) is 6.97. The number of anilines is 1. The van der Waals surface area contributed by atoms with E-state index in [0.717, 1.165) is 0 Å². The Kier molecular flexibility index (Phi) is 4.93. The molecule has 2 aromatic rings. The predicted octanol–water partition coefficient (Wildman–Crippen LogP) is 1.39. The second-order valence-electron chi connectivity index (χ2n) is 4.10. The topological polar surface area (TPSA) is 71.8 Å². The normalized spacial score (nSPS) is 10.1. The minimum Gasteiger partial charge on any atom is -0.289 e. The fourth-order valence-electron chi connectivity index (χ4n) is 1.79. The maximum absolute atomic E-state index is 12.2. The lowest BCUT2D eigenvalue weighted by Gasteiger charge is -2.12. The van der Waals surface area contributed by atoms with E-state index in [1.165, 1.54) is 4.57 Å². The zero-order valence-electron chi connectivity index (χ0n) is 11.4. The van der Waals surface area contributed by atoms with Gasteiger partial charge >= 0.3 is 5.69 Å². The lowest BCUT2D eigenvalue weighted by atomic mass is 10.3. The molecular weight excluding hydrogens is 290 g/mol. The largest absolute Gasteiger partial charge is 0.356 e. The molecule has 2 N–H and O–H groups in total. The summed E-state index contributed by atoms with van der Waals surface area (Å²) in [5.74, 6) is 3.15. The standard InChI is InChI=1S/C14H14ClN5O/c1-3-8-16-19-13-17-12(4-2)20(14(21)18-13)11-7-5-6-10(15)9-11/h1,5-7,9,16H,4,8H2,2H3,(H,18,19,21). The molecule has 108 valence electrons. The van der Waals surface area contributed by atoms with Crippen molar-refractivity contribution in [3.05, 3.63) is 45.6 Å². The lowest BCUT2D eigenvalue weighted by molar-refractivity contribution is 0.756. The van der Waals surface area contributed by atoms with Crippen LogP contribution in [0.3, 0.4) is 0 Å². The maximum Gasteiger partial charge on any atom is 0.356 e. The molecule has 1 heterocycles. The van der Waals surface area contributed by atoms with Gasteiger partial charge in [0.05, 0.1) is 12.2 Å². The molecule has 0 fully saturated rings. The van der Waals surface area contributed by atoms with Gasteiger partial charge in [0.15, 0.2) is 0 Å². The Balaban J connectivity index is 2.43. The van der Waals surface area contributed by atoms with Crippen molar-refractivity contribution in [2.24, 2.45) is 0 Å². The third-order valence-electron chi connectivity index (χ3n) is 2.66. The molecule has 7 heteroatoms. The van der Waals surface area contributed by atoms with Gasteiger partial charge in [-0.1, -0.05) is 30.5 Å². The van der Waals surface area contributed by atoms with Crippen LogP contribution in [0.5, 0.6) is 0 Å². The van der Waals surface area contributed by atoms with Crippen LogP contribution in [0.1, 0.15) is 12.7 Å². The number of rotatable bonds is 5. The molecule has 0 aliphatic rings. The Hall–Kier alpha value is -2.36. The van der Waals surface area contributed by atoms with Gasteiger partial charge in [0, 0.05) is 11.4 Å². The van der Waals surface area contributed by atoms with Crippen LogP contribution in [-0.2, 0) is 6.42 Å². The van der Waals surface area contributed by atoms with E-state index in [9.17, 15) is 4.79 Å². The number of hydrogen-bond donors (Lipinski definition) is 2. The highest BCUT2D eigenvalue weighted by molar-refractivity contribution is 6.30. The van der Waals surface area contributed by atoms with E-state index in [1.54, 1.807) is 24.3 Å². The highest BCUT2D eigenvalue weighted by Crippen LogP contribution is 2.14. The highest BCUT2D eigenvalue weighted by atomic mass is 35.5. The Morgan fingerprint density at radius 2 is 2.24 bits per heavy atom. The molecule has 21 heavy (non-hydrogen) atoms. The lowest BCUT2D eigenvalue weighted by Crippen LogP contribution is -2.31. The summed E-state index contributed by atoms with van der Waals surface area (Å²) in [5.41, 5.74) is 5.61. The number of nitrogens with one attached hydrogen (secondary N) is 2. The first kappa shape index (κ1) is 15.0. The molecule has 0 radical (unpaired) electrons. The first-order chi connectivity index (χ1) is 10.2. The number of terminal acetylenes is 1. The van der Waals surface area contributed by atoms with Gasteiger partial charge in [-0.3, -0.25) is 5.43 Å². The summed E-state index contributed by atoms with van der Waals surface area (Å²) in [5, 5.41) is 0.541. The minimum atomic E-state index is -0.436. The van der Waals surface area contributed by atoms with Gasteiger partial charge in [0.25, 0.3) is 0 Å². The van der Waals surface area contributed by atoms with Crippen LogP contribution in [0.4, 0.5) is 5.95 Å². The Bertz CT molecular complexity index is 735. The van der Waals surface area contributed by atoms with Crippen molar-refractivity contribution in [1.29, 1.82) is 0 Å². The molecule has 0 amide bonds. The van der Waals surface area contributed by atoms with E-state index in [1.807, 2.05) is 6.92 Å². The highest BCUT2D eigenvalue weighted by Gasteiger charge is 2.10. The summed E-state index contributed by atoms with van der Waals surface area (Å²) in [6.45, 7) is 2.20. The van der Waals surface area contributed by atoms with Crippen molar-refractivity contribution >= 4 is 17.5 Å². The summed E-state index contributed by atoms with van der Waals surface area (Å²) in [7, 11) is 0. The van der Waals surface area contributed by atoms with Crippen LogP contribution in [0, 0.1) is 12.3 Å². The number of halogens is 1. The molecule has 2 rings (SSSR count). The fourth-order valence-corrected chi connectivity index (χ4v) is 1.97. The number of benzene rings is 1. The van der Waals surface area contributed by atoms with E-state index in [4.69, 9.17) is 18.0 Å². The Morgan fingerprint density at radius 1 is 1.43 bits per heavy atom. The monoisotopic (exact) mass is 303 g/mol. The van der Waals surface area contributed by atoms with E-state index >= 15 is 0 Å². The molecule has 0 aliphatic heterocycles. The van der Waals surface area contributed by atoms with Crippen LogP contribution in [0.15, 0.2) is 29.1 Å². The predicted molar refractivity (Wildman–Crippen MR) is 82.5 cm³/mol. The second-order valence-corrected chi connectivity index (χ2v) is 4.53. The van der Waals surface area contributed by atoms with Crippen LogP contribution < -0.4 is 16.5 Å². The van der Waals surface area contributed by atoms with Crippen molar-refractivity contribution in [1.82, 2.24) is 20.0 Å². The molecule has 0 aliphatic carbocycles. The van der Waals surface area contributed by atoms with Gasteiger partial charge in [-0.05, 0) is 18.2 Å². The third-order valence-corrected chi connectivity index (χ3v) is 2.89. The molecule has 0 atom stereocenters. The smallest absolute Gasteiger partial charge is 0.289 e. The van der Waals surface area contributed by atoms with Crippen molar-refractivity contribution in [3.8, 4) is 18.0 Å². The van der Waals surface area contributed by atoms with Crippen LogP contribution in [-0.4, -0.2) is 21.1 Å². The average Bonchev–Trinajstić information content (AvgIpc) is 2.46. The van der Waals surface area contributed by atoms with Crippen LogP contribution >= 0.6 is 11.6 Å². The maximum atomic E-state index is 12.2. The molecule has 0 saturated heterocycles. The zero-order chi connectivity index (χ0) is 15.2. The van der Waals surface area contributed by atoms with Gasteiger partial charge in [-0.15, -0.1) is 6.42 Å². The quantitative estimate of drug-likeness (QED) is 0.496. The second kappa shape index (κ2) is 6.88. The molecule has 0 spiro atoms. The summed E-state index contributed by atoms with van der Waals surface area (Å²) < 4.78 is 1.43. The summed E-state index contributed by atoms with van der Waals surface area (Å²) >= 11 is 5.96. The van der Waals surface area contributed by atoms with Crippen molar-refractivity contribution < 1.29 is 0 Å². The number of hydrazine groups is 1. The fraction of sp³-hybridized carbons (Fsp3) is 0.214. The van der Waals surface area contributed by atoms with Gasteiger partial charge in [-0.2, -0.15) is 9.97 Å². The van der Waals surface area contributed by atoms with E-state index in [2.05, 4.69) is 26.7 Å². The first-order valence-corrected chi connectivity index (χ1v) is 6.71. The van der Waals surface area contributed by atoms with E-state index in [-0.39, 0.29) is 5.95 Å². The molecular formula is C14H14ClN5O. The SMILES string of the molecule is C#CCNNc1nc(CC)n(-c2cccc(Cl)c2)c(=O)n1. The first-order valence-electron chi connectivity index (χ1n) is 6.34. The molecule has 6 nitrogen and oxygen atoms in total. The van der Waals surface area contributed by atoms with Gasteiger partial charge in [0.1, 0.15) is 5.82 Å². The number of hydrogen-bond acceptors (Lipinski definition) is 5. The zero-order valence-corrected chi connectivity index (χ0v) is 12.2. The Labute approximate surface area is 127 Å². The van der Waals surface area contributed by atoms with Crippen LogP contribution in [0.25, 0.3) is 5.69 Å². The van der Waals surface area contributed by atoms with E-state index < -0.39 is 5.69 Å². The minimum absolute atomic E-state index is 0.186. The molecule has 1 aromatic carbocycles. The molecule has 0 saturated carbocycles. The molecule has 1 aromatic heterocycles. The summed E-state index contributed by atoms with van der Waals surface area (Å²) in [4.78, 5) is 20.4.